The molecule has 29 heavy (non-hydrogen) atoms. The van der Waals surface area contributed by atoms with Crippen LogP contribution in [0.2, 0.25) is 0 Å². The van der Waals surface area contributed by atoms with Gasteiger partial charge in [-0.25, -0.2) is 0 Å². The predicted molar refractivity (Wildman–Crippen MR) is 110 cm³/mol. The molecule has 1 aliphatic rings. The van der Waals surface area contributed by atoms with Gasteiger partial charge in [0.25, 0.3) is 0 Å². The van der Waals surface area contributed by atoms with Crippen LogP contribution in [0.1, 0.15) is 50.0 Å². The van der Waals surface area contributed by atoms with Crippen molar-refractivity contribution in [2.75, 3.05) is 6.54 Å². The molecule has 1 amide bonds. The van der Waals surface area contributed by atoms with Crippen LogP contribution < -0.4 is 0 Å². The van der Waals surface area contributed by atoms with Crippen LogP contribution in [0.3, 0.4) is 0 Å². The third-order valence-corrected chi connectivity index (χ3v) is 5.71. The Morgan fingerprint density at radius 2 is 2.00 bits per heavy atom. The third kappa shape index (κ3) is 4.36. The SMILES string of the molecule is CC[C@H](c1ccccc1)[C@@H]1CCCN1C(=O)CCc1nc(-c2ccncc2)no1. The molecule has 0 N–H and O–H groups in total. The summed E-state index contributed by atoms with van der Waals surface area (Å²) in [6.45, 7) is 3.04. The maximum Gasteiger partial charge on any atom is 0.227 e. The molecular formula is C23H26N4O2. The first-order chi connectivity index (χ1) is 14.3. The maximum absolute atomic E-state index is 13.0. The Morgan fingerprint density at radius 1 is 1.21 bits per heavy atom. The number of carbonyl (C=O) groups is 1. The van der Waals surface area contributed by atoms with Gasteiger partial charge < -0.3 is 9.42 Å². The lowest BCUT2D eigenvalue weighted by Crippen LogP contribution is -2.39. The number of hydrogen-bond acceptors (Lipinski definition) is 5. The first kappa shape index (κ1) is 19.3. The fourth-order valence-corrected chi connectivity index (χ4v) is 4.28. The molecule has 3 heterocycles. The quantitative estimate of drug-likeness (QED) is 0.603. The summed E-state index contributed by atoms with van der Waals surface area (Å²) in [4.78, 5) is 23.5. The van der Waals surface area contributed by atoms with Gasteiger partial charge in [0.15, 0.2) is 0 Å². The summed E-state index contributed by atoms with van der Waals surface area (Å²) in [5.41, 5.74) is 2.17. The zero-order valence-corrected chi connectivity index (χ0v) is 16.7. The number of benzene rings is 1. The monoisotopic (exact) mass is 390 g/mol. The largest absolute Gasteiger partial charge is 0.339 e. The van der Waals surface area contributed by atoms with Crippen molar-refractivity contribution in [2.45, 2.75) is 51.0 Å². The number of amides is 1. The molecule has 3 aromatic rings. The van der Waals surface area contributed by atoms with Gasteiger partial charge in [-0.3, -0.25) is 9.78 Å². The van der Waals surface area contributed by atoms with Crippen molar-refractivity contribution in [1.29, 1.82) is 0 Å². The highest BCUT2D eigenvalue weighted by atomic mass is 16.5. The normalized spacial score (nSPS) is 17.4. The second-order valence-electron chi connectivity index (χ2n) is 7.47. The number of aryl methyl sites for hydroxylation is 1. The summed E-state index contributed by atoms with van der Waals surface area (Å²) >= 11 is 0. The van der Waals surface area contributed by atoms with E-state index < -0.39 is 0 Å². The summed E-state index contributed by atoms with van der Waals surface area (Å²) < 4.78 is 5.34. The zero-order chi connectivity index (χ0) is 20.1. The molecular weight excluding hydrogens is 364 g/mol. The minimum Gasteiger partial charge on any atom is -0.339 e. The number of aromatic nitrogens is 3. The molecule has 0 radical (unpaired) electrons. The van der Waals surface area contributed by atoms with Crippen LogP contribution in [-0.2, 0) is 11.2 Å². The van der Waals surface area contributed by atoms with Crippen LogP contribution in [0.15, 0.2) is 59.4 Å². The molecule has 2 aromatic heterocycles. The Kier molecular flexibility index (Phi) is 5.98. The van der Waals surface area contributed by atoms with Crippen molar-refractivity contribution in [3.8, 4) is 11.4 Å². The van der Waals surface area contributed by atoms with Gasteiger partial charge in [0, 0.05) is 49.3 Å². The second kappa shape index (κ2) is 8.99. The second-order valence-corrected chi connectivity index (χ2v) is 7.47. The van der Waals surface area contributed by atoms with E-state index in [4.69, 9.17) is 4.52 Å². The van der Waals surface area contributed by atoms with Crippen molar-refractivity contribution >= 4 is 5.91 Å². The van der Waals surface area contributed by atoms with Crippen molar-refractivity contribution in [3.63, 3.8) is 0 Å². The first-order valence-electron chi connectivity index (χ1n) is 10.3. The molecule has 1 fully saturated rings. The summed E-state index contributed by atoms with van der Waals surface area (Å²) in [6.07, 6.45) is 7.39. The number of carbonyl (C=O) groups excluding carboxylic acids is 1. The summed E-state index contributed by atoms with van der Waals surface area (Å²) in [5.74, 6) is 1.58. The number of likely N-dealkylation sites (tertiary alicyclic amines) is 1. The van der Waals surface area contributed by atoms with Crippen LogP contribution in [0, 0.1) is 0 Å². The molecule has 2 atom stereocenters. The third-order valence-electron chi connectivity index (χ3n) is 5.71. The standard InChI is InChI=1S/C23H26N4O2/c1-2-19(17-7-4-3-5-8-17)20-9-6-16-27(20)22(28)11-10-21-25-23(26-29-21)18-12-14-24-15-13-18/h3-5,7-8,12-15,19-20H,2,6,9-11,16H2,1H3/t19-,20+/m1/s1. The van der Waals surface area contributed by atoms with Crippen molar-refractivity contribution < 1.29 is 9.32 Å². The summed E-state index contributed by atoms with van der Waals surface area (Å²) in [6, 6.07) is 14.5. The smallest absolute Gasteiger partial charge is 0.227 e. The van der Waals surface area contributed by atoms with Crippen molar-refractivity contribution in [3.05, 3.63) is 66.3 Å². The number of nitrogens with zero attached hydrogens (tertiary/aromatic N) is 4. The van der Waals surface area contributed by atoms with Gasteiger partial charge in [-0.1, -0.05) is 42.4 Å². The lowest BCUT2D eigenvalue weighted by Gasteiger charge is -2.31. The number of hydrogen-bond donors (Lipinski definition) is 0. The molecule has 4 rings (SSSR count). The van der Waals surface area contributed by atoms with E-state index in [1.54, 1.807) is 12.4 Å². The molecule has 0 bridgehead atoms. The van der Waals surface area contributed by atoms with Crippen molar-refractivity contribution in [2.24, 2.45) is 0 Å². The Balaban J connectivity index is 1.40. The van der Waals surface area contributed by atoms with E-state index in [0.29, 0.717) is 30.5 Å². The lowest BCUT2D eigenvalue weighted by molar-refractivity contribution is -0.132. The Hall–Kier alpha value is -3.02. The van der Waals surface area contributed by atoms with Gasteiger partial charge in [0.2, 0.25) is 17.6 Å². The van der Waals surface area contributed by atoms with Crippen LogP contribution in [-0.4, -0.2) is 38.5 Å². The summed E-state index contributed by atoms with van der Waals surface area (Å²) in [5, 5.41) is 4.02. The van der Waals surface area contributed by atoms with Gasteiger partial charge in [-0.15, -0.1) is 0 Å². The Morgan fingerprint density at radius 3 is 2.76 bits per heavy atom. The molecule has 1 saturated heterocycles. The first-order valence-corrected chi connectivity index (χ1v) is 10.3. The van der Waals surface area contributed by atoms with Crippen LogP contribution in [0.25, 0.3) is 11.4 Å². The fourth-order valence-electron chi connectivity index (χ4n) is 4.28. The lowest BCUT2D eigenvalue weighted by atomic mass is 9.87. The Bertz CT molecular complexity index is 926. The average molecular weight is 390 g/mol. The fraction of sp³-hybridized carbons (Fsp3) is 0.391. The van der Waals surface area contributed by atoms with E-state index in [1.165, 1.54) is 5.56 Å². The van der Waals surface area contributed by atoms with E-state index >= 15 is 0 Å². The molecule has 6 nitrogen and oxygen atoms in total. The maximum atomic E-state index is 13.0. The van der Waals surface area contributed by atoms with Crippen LogP contribution in [0.4, 0.5) is 0 Å². The van der Waals surface area contributed by atoms with E-state index in [1.807, 2.05) is 18.2 Å². The molecule has 150 valence electrons. The zero-order valence-electron chi connectivity index (χ0n) is 16.7. The van der Waals surface area contributed by atoms with E-state index in [0.717, 1.165) is 31.4 Å². The molecule has 0 spiro atoms. The predicted octanol–water partition coefficient (Wildman–Crippen LogP) is 4.25. The molecule has 1 aromatic carbocycles. The topological polar surface area (TPSA) is 72.1 Å². The minimum atomic E-state index is 0.172. The van der Waals surface area contributed by atoms with Gasteiger partial charge in [-0.2, -0.15) is 4.98 Å². The van der Waals surface area contributed by atoms with Crippen LogP contribution in [0.5, 0.6) is 0 Å². The van der Waals surface area contributed by atoms with Crippen molar-refractivity contribution in [1.82, 2.24) is 20.0 Å². The van der Waals surface area contributed by atoms with Gasteiger partial charge in [0.1, 0.15) is 0 Å². The summed E-state index contributed by atoms with van der Waals surface area (Å²) in [7, 11) is 0. The number of pyridine rings is 1. The van der Waals surface area contributed by atoms with Gasteiger partial charge in [0.05, 0.1) is 0 Å². The number of rotatable bonds is 7. The van der Waals surface area contributed by atoms with Crippen LogP contribution >= 0.6 is 0 Å². The molecule has 0 aliphatic carbocycles. The van der Waals surface area contributed by atoms with E-state index in [2.05, 4.69) is 51.2 Å². The van der Waals surface area contributed by atoms with Gasteiger partial charge >= 0.3 is 0 Å². The average Bonchev–Trinajstić information content (AvgIpc) is 3.44. The van der Waals surface area contributed by atoms with E-state index in [-0.39, 0.29) is 11.9 Å². The molecule has 0 unspecified atom stereocenters. The molecule has 1 aliphatic heterocycles. The highest BCUT2D eigenvalue weighted by Gasteiger charge is 2.34. The minimum absolute atomic E-state index is 0.172. The Labute approximate surface area is 171 Å². The molecule has 6 heteroatoms. The van der Waals surface area contributed by atoms with Gasteiger partial charge in [-0.05, 0) is 37.0 Å². The van der Waals surface area contributed by atoms with E-state index in [9.17, 15) is 4.79 Å². The highest BCUT2D eigenvalue weighted by Crippen LogP contribution is 2.34. The highest BCUT2D eigenvalue weighted by molar-refractivity contribution is 5.77. The molecule has 0 saturated carbocycles.